The topological polar surface area (TPSA) is 103 Å². The van der Waals surface area contributed by atoms with Crippen LogP contribution in [0.1, 0.15) is 25.0 Å². The van der Waals surface area contributed by atoms with E-state index in [0.717, 1.165) is 0 Å². The van der Waals surface area contributed by atoms with Gasteiger partial charge in [0.2, 0.25) is 0 Å². The van der Waals surface area contributed by atoms with Crippen LogP contribution in [0, 0.1) is 5.41 Å². The standard InChI is InChI=1S/C17H23N5O2/c1-17(2,23)13-10-15(20-8-9-24-3)22-16(12(13)11-18)21-14-6-4-5-7-19-14/h4-7,10-11,18,23H,8-9H2,1-3H3,(H2,19,20,21,22). The van der Waals surface area contributed by atoms with Crippen molar-refractivity contribution in [2.24, 2.45) is 0 Å². The van der Waals surface area contributed by atoms with Gasteiger partial charge >= 0.3 is 0 Å². The number of methoxy groups -OCH3 is 1. The highest BCUT2D eigenvalue weighted by Gasteiger charge is 2.23. The summed E-state index contributed by atoms with van der Waals surface area (Å²) in [4.78, 5) is 8.72. The first-order valence-electron chi connectivity index (χ1n) is 7.65. The number of nitrogens with one attached hydrogen (secondary N) is 3. The van der Waals surface area contributed by atoms with E-state index in [0.29, 0.717) is 41.7 Å². The molecule has 2 heterocycles. The Balaban J connectivity index is 2.45. The number of hydrogen-bond donors (Lipinski definition) is 4. The van der Waals surface area contributed by atoms with Gasteiger partial charge in [0.05, 0.1) is 12.2 Å². The molecule has 0 unspecified atom stereocenters. The summed E-state index contributed by atoms with van der Waals surface area (Å²) in [5, 5.41) is 24.5. The zero-order valence-corrected chi connectivity index (χ0v) is 14.1. The first kappa shape index (κ1) is 17.8. The molecule has 128 valence electrons. The van der Waals surface area contributed by atoms with Crippen molar-refractivity contribution in [2.75, 3.05) is 30.9 Å². The summed E-state index contributed by atoms with van der Waals surface area (Å²) < 4.78 is 5.03. The molecule has 2 aromatic rings. The van der Waals surface area contributed by atoms with Gasteiger partial charge in [0.1, 0.15) is 17.5 Å². The van der Waals surface area contributed by atoms with Crippen LogP contribution in [-0.4, -0.2) is 41.6 Å². The van der Waals surface area contributed by atoms with Crippen LogP contribution in [-0.2, 0) is 10.3 Å². The SMILES string of the molecule is COCCNc1cc(C(C)(C)O)c(C=N)c(Nc2ccccn2)n1. The highest BCUT2D eigenvalue weighted by atomic mass is 16.5. The van der Waals surface area contributed by atoms with Gasteiger partial charge in [-0.3, -0.25) is 0 Å². The summed E-state index contributed by atoms with van der Waals surface area (Å²) in [6.45, 7) is 4.48. The largest absolute Gasteiger partial charge is 0.386 e. The van der Waals surface area contributed by atoms with Gasteiger partial charge in [-0.25, -0.2) is 9.97 Å². The van der Waals surface area contributed by atoms with E-state index in [2.05, 4.69) is 20.6 Å². The zero-order chi connectivity index (χ0) is 17.6. The Labute approximate surface area is 141 Å². The fraction of sp³-hybridized carbons (Fsp3) is 0.353. The highest BCUT2D eigenvalue weighted by Crippen LogP contribution is 2.30. The Morgan fingerprint density at radius 2 is 2.12 bits per heavy atom. The van der Waals surface area contributed by atoms with Crippen LogP contribution in [0.3, 0.4) is 0 Å². The lowest BCUT2D eigenvalue weighted by Crippen LogP contribution is -2.21. The Kier molecular flexibility index (Phi) is 5.83. The minimum absolute atomic E-state index is 0.461. The number of aromatic nitrogens is 2. The molecular formula is C17H23N5O2. The predicted octanol–water partition coefficient (Wildman–Crippen LogP) is 2.50. The maximum Gasteiger partial charge on any atom is 0.143 e. The van der Waals surface area contributed by atoms with Crippen LogP contribution in [0.25, 0.3) is 0 Å². The van der Waals surface area contributed by atoms with E-state index in [1.54, 1.807) is 33.2 Å². The van der Waals surface area contributed by atoms with Crippen molar-refractivity contribution >= 4 is 23.7 Å². The Morgan fingerprint density at radius 3 is 2.71 bits per heavy atom. The van der Waals surface area contributed by atoms with E-state index in [4.69, 9.17) is 10.1 Å². The molecule has 0 aliphatic rings. The third-order valence-electron chi connectivity index (χ3n) is 3.39. The van der Waals surface area contributed by atoms with Crippen LogP contribution < -0.4 is 10.6 Å². The second kappa shape index (κ2) is 7.85. The van der Waals surface area contributed by atoms with Gasteiger partial charge in [-0.05, 0) is 37.6 Å². The number of pyridine rings is 2. The molecule has 0 aliphatic carbocycles. The van der Waals surface area contributed by atoms with E-state index in [1.807, 2.05) is 18.2 Å². The number of anilines is 3. The van der Waals surface area contributed by atoms with Crippen molar-refractivity contribution < 1.29 is 9.84 Å². The Morgan fingerprint density at radius 1 is 1.33 bits per heavy atom. The third kappa shape index (κ3) is 4.50. The van der Waals surface area contributed by atoms with Crippen LogP contribution in [0.2, 0.25) is 0 Å². The molecule has 0 aromatic carbocycles. The summed E-state index contributed by atoms with van der Waals surface area (Å²) in [6.07, 6.45) is 2.86. The highest BCUT2D eigenvalue weighted by molar-refractivity contribution is 5.88. The molecule has 0 atom stereocenters. The van der Waals surface area contributed by atoms with Crippen LogP contribution in [0.5, 0.6) is 0 Å². The molecule has 2 aromatic heterocycles. The second-order valence-electron chi connectivity index (χ2n) is 5.78. The lowest BCUT2D eigenvalue weighted by molar-refractivity contribution is 0.0785. The van der Waals surface area contributed by atoms with Crippen molar-refractivity contribution in [1.29, 1.82) is 5.41 Å². The molecule has 0 saturated heterocycles. The number of hydrogen-bond acceptors (Lipinski definition) is 7. The predicted molar refractivity (Wildman–Crippen MR) is 95.3 cm³/mol. The summed E-state index contributed by atoms with van der Waals surface area (Å²) in [6, 6.07) is 7.24. The smallest absolute Gasteiger partial charge is 0.143 e. The fourth-order valence-corrected chi connectivity index (χ4v) is 2.23. The van der Waals surface area contributed by atoms with Gasteiger partial charge in [0.15, 0.2) is 0 Å². The fourth-order valence-electron chi connectivity index (χ4n) is 2.23. The number of nitrogens with zero attached hydrogens (tertiary/aromatic N) is 2. The van der Waals surface area contributed by atoms with Gasteiger partial charge in [0, 0.05) is 31.6 Å². The van der Waals surface area contributed by atoms with E-state index in [9.17, 15) is 5.11 Å². The summed E-state index contributed by atoms with van der Waals surface area (Å²) >= 11 is 0. The van der Waals surface area contributed by atoms with Crippen molar-refractivity contribution in [3.05, 3.63) is 41.6 Å². The third-order valence-corrected chi connectivity index (χ3v) is 3.39. The summed E-state index contributed by atoms with van der Waals surface area (Å²) in [5.74, 6) is 1.67. The number of aliphatic hydroxyl groups is 1. The summed E-state index contributed by atoms with van der Waals surface area (Å²) in [5.41, 5.74) is 0.00456. The number of rotatable bonds is 8. The Bertz CT molecular complexity index is 683. The first-order chi connectivity index (χ1) is 11.5. The number of ether oxygens (including phenoxy) is 1. The molecule has 0 aliphatic heterocycles. The average molecular weight is 329 g/mol. The van der Waals surface area contributed by atoms with E-state index >= 15 is 0 Å². The molecule has 0 spiro atoms. The van der Waals surface area contributed by atoms with E-state index in [1.165, 1.54) is 6.21 Å². The molecule has 0 saturated carbocycles. The zero-order valence-electron chi connectivity index (χ0n) is 14.1. The molecule has 0 fully saturated rings. The average Bonchev–Trinajstić information content (AvgIpc) is 2.55. The lowest BCUT2D eigenvalue weighted by atomic mass is 9.94. The molecule has 7 heteroatoms. The maximum absolute atomic E-state index is 10.5. The quantitative estimate of drug-likeness (QED) is 0.438. The minimum Gasteiger partial charge on any atom is -0.386 e. The van der Waals surface area contributed by atoms with E-state index < -0.39 is 5.60 Å². The van der Waals surface area contributed by atoms with Crippen molar-refractivity contribution in [1.82, 2.24) is 9.97 Å². The first-order valence-corrected chi connectivity index (χ1v) is 7.65. The van der Waals surface area contributed by atoms with Gasteiger partial charge in [-0.2, -0.15) is 0 Å². The molecule has 4 N–H and O–H groups in total. The van der Waals surface area contributed by atoms with Crippen LogP contribution in [0.15, 0.2) is 30.5 Å². The molecule has 7 nitrogen and oxygen atoms in total. The summed E-state index contributed by atoms with van der Waals surface area (Å²) in [7, 11) is 1.63. The normalized spacial score (nSPS) is 11.2. The van der Waals surface area contributed by atoms with Crippen molar-refractivity contribution in [3.63, 3.8) is 0 Å². The van der Waals surface area contributed by atoms with Crippen molar-refractivity contribution in [3.8, 4) is 0 Å². The molecule has 24 heavy (non-hydrogen) atoms. The Hall–Kier alpha value is -2.51. The van der Waals surface area contributed by atoms with Crippen LogP contribution >= 0.6 is 0 Å². The van der Waals surface area contributed by atoms with Gasteiger partial charge in [-0.1, -0.05) is 6.07 Å². The lowest BCUT2D eigenvalue weighted by Gasteiger charge is -2.23. The van der Waals surface area contributed by atoms with Crippen molar-refractivity contribution in [2.45, 2.75) is 19.4 Å². The molecule has 0 amide bonds. The maximum atomic E-state index is 10.5. The minimum atomic E-state index is -1.12. The molecular weight excluding hydrogens is 306 g/mol. The molecule has 0 radical (unpaired) electrons. The molecule has 0 bridgehead atoms. The monoisotopic (exact) mass is 329 g/mol. The van der Waals surface area contributed by atoms with Crippen LogP contribution in [0.4, 0.5) is 17.5 Å². The van der Waals surface area contributed by atoms with Gasteiger partial charge in [0.25, 0.3) is 0 Å². The van der Waals surface area contributed by atoms with E-state index in [-0.39, 0.29) is 0 Å². The second-order valence-corrected chi connectivity index (χ2v) is 5.78. The molecule has 2 rings (SSSR count). The van der Waals surface area contributed by atoms with Gasteiger partial charge < -0.3 is 25.9 Å². The van der Waals surface area contributed by atoms with Gasteiger partial charge in [-0.15, -0.1) is 0 Å².